The van der Waals surface area contributed by atoms with Gasteiger partial charge in [0.05, 0.1) is 28.9 Å². The summed E-state index contributed by atoms with van der Waals surface area (Å²) >= 11 is 6.34. The second kappa shape index (κ2) is 8.00. The summed E-state index contributed by atoms with van der Waals surface area (Å²) in [5.41, 5.74) is 1.40. The fourth-order valence-electron chi connectivity index (χ4n) is 3.32. The minimum atomic E-state index is -0.449. The Balaban J connectivity index is 1.72. The van der Waals surface area contributed by atoms with Gasteiger partial charge in [-0.2, -0.15) is 0 Å². The molecule has 7 heteroatoms. The highest BCUT2D eigenvalue weighted by Crippen LogP contribution is 2.30. The molecule has 0 spiro atoms. The first kappa shape index (κ1) is 19.7. The Hall–Kier alpha value is -3.64. The molecule has 1 aliphatic rings. The van der Waals surface area contributed by atoms with E-state index in [0.717, 1.165) is 4.90 Å². The summed E-state index contributed by atoms with van der Waals surface area (Å²) in [6.07, 6.45) is 0. The molecule has 3 amide bonds. The van der Waals surface area contributed by atoms with Crippen molar-refractivity contribution in [1.82, 2.24) is 4.90 Å². The Labute approximate surface area is 178 Å². The van der Waals surface area contributed by atoms with Gasteiger partial charge in [-0.05, 0) is 48.5 Å². The lowest BCUT2D eigenvalue weighted by molar-refractivity contribution is 0.0650. The smallest absolute Gasteiger partial charge is 0.263 e. The Morgan fingerprint density at radius 3 is 2.03 bits per heavy atom. The van der Waals surface area contributed by atoms with Crippen LogP contribution in [0.1, 0.15) is 31.1 Å². The zero-order valence-corrected chi connectivity index (χ0v) is 16.8. The number of hydrogen-bond donors (Lipinski definition) is 0. The lowest BCUT2D eigenvalue weighted by atomic mass is 10.1. The van der Waals surface area contributed by atoms with Crippen molar-refractivity contribution < 1.29 is 19.1 Å². The van der Waals surface area contributed by atoms with Gasteiger partial charge in [-0.1, -0.05) is 35.9 Å². The van der Waals surface area contributed by atoms with Crippen molar-refractivity contribution >= 4 is 35.0 Å². The topological polar surface area (TPSA) is 66.9 Å². The number of nitrogens with zero attached hydrogens (tertiary/aromatic N) is 2. The van der Waals surface area contributed by atoms with Crippen molar-refractivity contribution in [2.24, 2.45) is 0 Å². The van der Waals surface area contributed by atoms with Crippen LogP contribution in [-0.2, 0) is 0 Å². The molecule has 0 aliphatic carbocycles. The number of rotatable bonds is 5. The van der Waals surface area contributed by atoms with Gasteiger partial charge in [0.15, 0.2) is 0 Å². The zero-order chi connectivity index (χ0) is 21.3. The van der Waals surface area contributed by atoms with Gasteiger partial charge < -0.3 is 4.74 Å². The molecule has 0 radical (unpaired) electrons. The lowest BCUT2D eigenvalue weighted by Crippen LogP contribution is -2.44. The molecular weight excluding hydrogens is 404 g/mol. The Kier molecular flexibility index (Phi) is 5.25. The molecule has 4 rings (SSSR count). The van der Waals surface area contributed by atoms with Gasteiger partial charge in [0.25, 0.3) is 17.7 Å². The number of carbonyl (C=O) groups excluding carboxylic acids is 3. The van der Waals surface area contributed by atoms with E-state index in [0.29, 0.717) is 33.1 Å². The minimum absolute atomic E-state index is 0.263. The first-order valence-electron chi connectivity index (χ1n) is 9.17. The molecular formula is C23H17ClN2O4. The highest BCUT2D eigenvalue weighted by atomic mass is 35.5. The van der Waals surface area contributed by atoms with Crippen LogP contribution in [0, 0.1) is 0 Å². The number of amides is 3. The van der Waals surface area contributed by atoms with Gasteiger partial charge in [-0.25, -0.2) is 0 Å². The first-order valence-corrected chi connectivity index (χ1v) is 9.54. The van der Waals surface area contributed by atoms with Gasteiger partial charge in [0, 0.05) is 5.56 Å². The van der Waals surface area contributed by atoms with E-state index in [1.54, 1.807) is 72.8 Å². The van der Waals surface area contributed by atoms with E-state index in [-0.39, 0.29) is 6.67 Å². The molecule has 0 bridgehead atoms. The van der Waals surface area contributed by atoms with E-state index in [9.17, 15) is 14.4 Å². The maximum Gasteiger partial charge on any atom is 0.263 e. The van der Waals surface area contributed by atoms with Crippen LogP contribution in [0.2, 0.25) is 5.02 Å². The minimum Gasteiger partial charge on any atom is -0.497 e. The van der Waals surface area contributed by atoms with Crippen LogP contribution in [0.5, 0.6) is 5.75 Å². The van der Waals surface area contributed by atoms with Crippen molar-refractivity contribution in [2.45, 2.75) is 0 Å². The fraction of sp³-hybridized carbons (Fsp3) is 0.0870. The van der Waals surface area contributed by atoms with E-state index < -0.39 is 17.7 Å². The van der Waals surface area contributed by atoms with Crippen LogP contribution in [0.25, 0.3) is 0 Å². The maximum absolute atomic E-state index is 13.3. The third kappa shape index (κ3) is 3.42. The maximum atomic E-state index is 13.3. The average Bonchev–Trinajstić information content (AvgIpc) is 3.02. The van der Waals surface area contributed by atoms with Gasteiger partial charge in [0.1, 0.15) is 12.4 Å². The molecule has 0 N–H and O–H groups in total. The zero-order valence-electron chi connectivity index (χ0n) is 16.0. The molecule has 0 aromatic heterocycles. The van der Waals surface area contributed by atoms with Crippen LogP contribution < -0.4 is 9.64 Å². The van der Waals surface area contributed by atoms with E-state index in [4.69, 9.17) is 16.3 Å². The molecule has 0 saturated heterocycles. The van der Waals surface area contributed by atoms with Crippen molar-refractivity contribution in [3.05, 3.63) is 94.5 Å². The van der Waals surface area contributed by atoms with Crippen molar-refractivity contribution in [1.29, 1.82) is 0 Å². The molecule has 0 unspecified atom stereocenters. The lowest BCUT2D eigenvalue weighted by Gasteiger charge is -2.28. The number of methoxy groups -OCH3 is 1. The van der Waals surface area contributed by atoms with Crippen LogP contribution in [0.15, 0.2) is 72.8 Å². The third-order valence-electron chi connectivity index (χ3n) is 4.89. The van der Waals surface area contributed by atoms with E-state index in [1.165, 1.54) is 12.0 Å². The van der Waals surface area contributed by atoms with Gasteiger partial charge in [-0.3, -0.25) is 24.2 Å². The van der Waals surface area contributed by atoms with Crippen molar-refractivity contribution in [2.75, 3.05) is 18.7 Å². The van der Waals surface area contributed by atoms with E-state index in [1.807, 2.05) is 0 Å². The predicted molar refractivity (Wildman–Crippen MR) is 113 cm³/mol. The van der Waals surface area contributed by atoms with Crippen molar-refractivity contribution in [3.63, 3.8) is 0 Å². The SMILES string of the molecule is COc1ccc(C(=O)N(CN2C(=O)c3ccccc3C2=O)c2ccccc2Cl)cc1. The molecule has 0 saturated carbocycles. The summed E-state index contributed by atoms with van der Waals surface area (Å²) in [7, 11) is 1.54. The largest absolute Gasteiger partial charge is 0.497 e. The summed E-state index contributed by atoms with van der Waals surface area (Å²) in [4.78, 5) is 41.4. The molecule has 150 valence electrons. The number of para-hydroxylation sites is 1. The number of carbonyl (C=O) groups is 3. The Morgan fingerprint density at radius 2 is 1.47 bits per heavy atom. The molecule has 30 heavy (non-hydrogen) atoms. The number of benzene rings is 3. The molecule has 0 fully saturated rings. The summed E-state index contributed by atoms with van der Waals surface area (Å²) in [5.74, 6) is -0.691. The summed E-state index contributed by atoms with van der Waals surface area (Å²) in [6.45, 7) is -0.263. The number of ether oxygens (including phenoxy) is 1. The van der Waals surface area contributed by atoms with Gasteiger partial charge in [0.2, 0.25) is 0 Å². The van der Waals surface area contributed by atoms with Crippen molar-refractivity contribution in [3.8, 4) is 5.75 Å². The molecule has 6 nitrogen and oxygen atoms in total. The predicted octanol–water partition coefficient (Wildman–Crippen LogP) is 4.25. The summed E-state index contributed by atoms with van der Waals surface area (Å²) < 4.78 is 5.14. The second-order valence-corrected chi connectivity index (χ2v) is 7.05. The average molecular weight is 421 g/mol. The number of imide groups is 1. The number of hydrogen-bond acceptors (Lipinski definition) is 4. The van der Waals surface area contributed by atoms with Crippen LogP contribution in [0.4, 0.5) is 5.69 Å². The number of anilines is 1. The standard InChI is InChI=1S/C23H17ClN2O4/c1-30-16-12-10-15(11-13-16)21(27)25(20-9-5-4-8-19(20)24)14-26-22(28)17-6-2-3-7-18(17)23(26)29/h2-13H,14H2,1H3. The fourth-order valence-corrected chi connectivity index (χ4v) is 3.56. The van der Waals surface area contributed by atoms with Crippen LogP contribution in [-0.4, -0.2) is 36.4 Å². The molecule has 1 aliphatic heterocycles. The highest BCUT2D eigenvalue weighted by Gasteiger charge is 2.37. The second-order valence-electron chi connectivity index (χ2n) is 6.64. The summed E-state index contributed by atoms with van der Waals surface area (Å²) in [6, 6.07) is 19.9. The third-order valence-corrected chi connectivity index (χ3v) is 5.21. The highest BCUT2D eigenvalue weighted by molar-refractivity contribution is 6.34. The molecule has 3 aromatic rings. The number of halogens is 1. The van der Waals surface area contributed by atoms with E-state index >= 15 is 0 Å². The van der Waals surface area contributed by atoms with Gasteiger partial charge >= 0.3 is 0 Å². The molecule has 3 aromatic carbocycles. The first-order chi connectivity index (χ1) is 14.5. The van der Waals surface area contributed by atoms with Crippen LogP contribution >= 0.6 is 11.6 Å². The normalized spacial score (nSPS) is 12.7. The van der Waals surface area contributed by atoms with Crippen LogP contribution in [0.3, 0.4) is 0 Å². The quantitative estimate of drug-likeness (QED) is 0.579. The monoisotopic (exact) mass is 420 g/mol. The Morgan fingerprint density at radius 1 is 0.900 bits per heavy atom. The van der Waals surface area contributed by atoms with E-state index in [2.05, 4.69) is 0 Å². The number of fused-ring (bicyclic) bond motifs is 1. The summed E-state index contributed by atoms with van der Waals surface area (Å²) in [5, 5.41) is 0.330. The van der Waals surface area contributed by atoms with Gasteiger partial charge in [-0.15, -0.1) is 0 Å². The Bertz CT molecular complexity index is 1110. The molecule has 1 heterocycles. The molecule has 0 atom stereocenters.